The van der Waals surface area contributed by atoms with Gasteiger partial charge in [-0.15, -0.1) is 0 Å². The van der Waals surface area contributed by atoms with Crippen molar-refractivity contribution in [3.05, 3.63) is 0 Å². The van der Waals surface area contributed by atoms with Crippen LogP contribution >= 0.6 is 0 Å². The molecule has 0 aliphatic heterocycles. The largest absolute Gasteiger partial charge is 0.353 e. The molecule has 0 rings (SSSR count). The molecule has 0 aromatic carbocycles. The van der Waals surface area contributed by atoms with Gasteiger partial charge in [-0.1, -0.05) is 13.8 Å². The number of likely N-dealkylation sites (N-methyl/N-ethyl adjacent to an activating group) is 1. The summed E-state index contributed by atoms with van der Waals surface area (Å²) in [5, 5.41) is 2.86. The Labute approximate surface area is 75.1 Å². The molecule has 3 heteroatoms. The van der Waals surface area contributed by atoms with Gasteiger partial charge in [-0.2, -0.15) is 0 Å². The van der Waals surface area contributed by atoms with Crippen molar-refractivity contribution in [2.45, 2.75) is 33.7 Å². The number of hydrogen-bond donors (Lipinski definition) is 1. The highest BCUT2D eigenvalue weighted by Crippen LogP contribution is 1.86. The Balaban J connectivity index is 3.66. The van der Waals surface area contributed by atoms with Crippen molar-refractivity contribution in [3.63, 3.8) is 0 Å². The van der Waals surface area contributed by atoms with Crippen LogP contribution in [0.3, 0.4) is 0 Å². The molecule has 0 aliphatic rings. The van der Waals surface area contributed by atoms with Gasteiger partial charge in [-0.3, -0.25) is 9.69 Å². The summed E-state index contributed by atoms with van der Waals surface area (Å²) in [7, 11) is 0. The zero-order valence-electron chi connectivity index (χ0n) is 8.55. The summed E-state index contributed by atoms with van der Waals surface area (Å²) < 4.78 is 0. The van der Waals surface area contributed by atoms with Gasteiger partial charge in [0, 0.05) is 6.04 Å². The predicted octanol–water partition coefficient (Wildman–Crippen LogP) is 0.853. The Hall–Kier alpha value is -0.570. The summed E-state index contributed by atoms with van der Waals surface area (Å²) in [5.74, 6) is 0.119. The molecule has 0 heterocycles. The minimum atomic E-state index is 0.119. The third kappa shape index (κ3) is 5.13. The molecule has 0 aliphatic carbocycles. The van der Waals surface area contributed by atoms with E-state index in [0.717, 1.165) is 13.1 Å². The van der Waals surface area contributed by atoms with E-state index >= 15 is 0 Å². The van der Waals surface area contributed by atoms with Gasteiger partial charge in [-0.05, 0) is 26.9 Å². The fourth-order valence-corrected chi connectivity index (χ4v) is 1.02. The average Bonchev–Trinajstić information content (AvgIpc) is 1.98. The lowest BCUT2D eigenvalue weighted by atomic mass is 10.3. The fourth-order valence-electron chi connectivity index (χ4n) is 1.02. The van der Waals surface area contributed by atoms with Gasteiger partial charge in [0.15, 0.2) is 0 Å². The minimum absolute atomic E-state index is 0.119. The second-order valence-electron chi connectivity index (χ2n) is 3.18. The number of carbonyl (C=O) groups excluding carboxylic acids is 1. The van der Waals surface area contributed by atoms with Gasteiger partial charge in [-0.25, -0.2) is 0 Å². The molecule has 72 valence electrons. The normalized spacial score (nSPS) is 10.8. The van der Waals surface area contributed by atoms with E-state index in [-0.39, 0.29) is 11.9 Å². The summed E-state index contributed by atoms with van der Waals surface area (Å²) in [5.41, 5.74) is 0. The Bertz CT molecular complexity index is 130. The van der Waals surface area contributed by atoms with Crippen molar-refractivity contribution in [2.75, 3.05) is 19.6 Å². The van der Waals surface area contributed by atoms with Crippen LogP contribution in [0.15, 0.2) is 0 Å². The van der Waals surface area contributed by atoms with Crippen molar-refractivity contribution in [1.29, 1.82) is 0 Å². The molecule has 0 aromatic rings. The smallest absolute Gasteiger partial charge is 0.234 e. The maximum Gasteiger partial charge on any atom is 0.234 e. The molecule has 0 saturated heterocycles. The Morgan fingerprint density at radius 3 is 2.17 bits per heavy atom. The van der Waals surface area contributed by atoms with Gasteiger partial charge in [0.25, 0.3) is 0 Å². The predicted molar refractivity (Wildman–Crippen MR) is 51.1 cm³/mol. The third-order valence-electron chi connectivity index (χ3n) is 1.71. The van der Waals surface area contributed by atoms with Crippen LogP contribution in [0.25, 0.3) is 0 Å². The van der Waals surface area contributed by atoms with Gasteiger partial charge < -0.3 is 5.32 Å². The number of nitrogens with one attached hydrogen (secondary N) is 1. The Kier molecular flexibility index (Phi) is 5.72. The first-order chi connectivity index (χ1) is 5.60. The zero-order chi connectivity index (χ0) is 9.56. The summed E-state index contributed by atoms with van der Waals surface area (Å²) in [6.07, 6.45) is 0. The van der Waals surface area contributed by atoms with E-state index < -0.39 is 0 Å². The highest BCUT2D eigenvalue weighted by molar-refractivity contribution is 5.78. The first-order valence-corrected chi connectivity index (χ1v) is 4.61. The SMILES string of the molecule is CCN(CC)CC(=O)NC(C)C. The molecule has 0 radical (unpaired) electrons. The summed E-state index contributed by atoms with van der Waals surface area (Å²) >= 11 is 0. The highest BCUT2D eigenvalue weighted by Gasteiger charge is 2.06. The van der Waals surface area contributed by atoms with E-state index in [1.54, 1.807) is 0 Å². The van der Waals surface area contributed by atoms with Crippen molar-refractivity contribution in [1.82, 2.24) is 10.2 Å². The van der Waals surface area contributed by atoms with Crippen LogP contribution in [-0.4, -0.2) is 36.5 Å². The quantitative estimate of drug-likeness (QED) is 0.667. The monoisotopic (exact) mass is 172 g/mol. The van der Waals surface area contributed by atoms with Gasteiger partial charge in [0.05, 0.1) is 6.54 Å². The van der Waals surface area contributed by atoms with E-state index in [1.165, 1.54) is 0 Å². The second kappa shape index (κ2) is 6.00. The maximum absolute atomic E-state index is 11.2. The van der Waals surface area contributed by atoms with Crippen molar-refractivity contribution in [2.24, 2.45) is 0 Å². The van der Waals surface area contributed by atoms with Crippen LogP contribution in [0.2, 0.25) is 0 Å². The van der Waals surface area contributed by atoms with Crippen LogP contribution in [-0.2, 0) is 4.79 Å². The number of nitrogens with zero attached hydrogens (tertiary/aromatic N) is 1. The molecule has 0 aromatic heterocycles. The van der Waals surface area contributed by atoms with Gasteiger partial charge in [0.2, 0.25) is 5.91 Å². The Morgan fingerprint density at radius 1 is 1.33 bits per heavy atom. The molecule has 1 amide bonds. The van der Waals surface area contributed by atoms with Gasteiger partial charge >= 0.3 is 0 Å². The van der Waals surface area contributed by atoms with Crippen molar-refractivity contribution < 1.29 is 4.79 Å². The number of amides is 1. The molecule has 0 unspecified atom stereocenters. The first-order valence-electron chi connectivity index (χ1n) is 4.61. The van der Waals surface area contributed by atoms with Crippen LogP contribution in [0.4, 0.5) is 0 Å². The topological polar surface area (TPSA) is 32.3 Å². The standard InChI is InChI=1S/C9H20N2O/c1-5-11(6-2)7-9(12)10-8(3)4/h8H,5-7H2,1-4H3,(H,10,12). The fraction of sp³-hybridized carbons (Fsp3) is 0.889. The zero-order valence-corrected chi connectivity index (χ0v) is 8.55. The number of rotatable bonds is 5. The third-order valence-corrected chi connectivity index (χ3v) is 1.71. The second-order valence-corrected chi connectivity index (χ2v) is 3.18. The lowest BCUT2D eigenvalue weighted by Crippen LogP contribution is -2.39. The molecule has 0 fully saturated rings. The van der Waals surface area contributed by atoms with Crippen molar-refractivity contribution >= 4 is 5.91 Å². The first kappa shape index (κ1) is 11.4. The number of carbonyl (C=O) groups is 1. The lowest BCUT2D eigenvalue weighted by Gasteiger charge is -2.18. The lowest BCUT2D eigenvalue weighted by molar-refractivity contribution is -0.122. The molecule has 0 saturated carbocycles. The summed E-state index contributed by atoms with van der Waals surface area (Å²) in [6, 6.07) is 0.244. The summed E-state index contributed by atoms with van der Waals surface area (Å²) in [4.78, 5) is 13.3. The molecule has 3 nitrogen and oxygen atoms in total. The molecule has 0 spiro atoms. The molecule has 12 heavy (non-hydrogen) atoms. The number of hydrogen-bond acceptors (Lipinski definition) is 2. The molecular formula is C9H20N2O. The van der Waals surface area contributed by atoms with E-state index in [2.05, 4.69) is 24.1 Å². The maximum atomic E-state index is 11.2. The average molecular weight is 172 g/mol. The molecule has 0 bridgehead atoms. The molecule has 1 N–H and O–H groups in total. The van der Waals surface area contributed by atoms with E-state index in [4.69, 9.17) is 0 Å². The van der Waals surface area contributed by atoms with E-state index in [9.17, 15) is 4.79 Å². The van der Waals surface area contributed by atoms with E-state index in [1.807, 2.05) is 13.8 Å². The minimum Gasteiger partial charge on any atom is -0.353 e. The molecular weight excluding hydrogens is 152 g/mol. The Morgan fingerprint density at radius 2 is 1.83 bits per heavy atom. The van der Waals surface area contributed by atoms with Crippen LogP contribution in [0, 0.1) is 0 Å². The molecule has 0 atom stereocenters. The van der Waals surface area contributed by atoms with Crippen LogP contribution in [0.5, 0.6) is 0 Å². The summed E-state index contributed by atoms with van der Waals surface area (Å²) in [6.45, 7) is 10.5. The van der Waals surface area contributed by atoms with Crippen LogP contribution in [0.1, 0.15) is 27.7 Å². The highest BCUT2D eigenvalue weighted by atomic mass is 16.2. The van der Waals surface area contributed by atoms with Crippen molar-refractivity contribution in [3.8, 4) is 0 Å². The van der Waals surface area contributed by atoms with E-state index in [0.29, 0.717) is 6.54 Å². The van der Waals surface area contributed by atoms with Crippen LogP contribution < -0.4 is 5.32 Å². The van der Waals surface area contributed by atoms with Gasteiger partial charge in [0.1, 0.15) is 0 Å².